The number of H-pyrrole nitrogens is 1. The van der Waals surface area contributed by atoms with Gasteiger partial charge in [-0.05, 0) is 12.0 Å². The maximum Gasteiger partial charge on any atom is 0.305 e. The van der Waals surface area contributed by atoms with Gasteiger partial charge in [0.1, 0.15) is 5.69 Å². The van der Waals surface area contributed by atoms with E-state index in [2.05, 4.69) is 15.5 Å². The Labute approximate surface area is 93.1 Å². The van der Waals surface area contributed by atoms with E-state index >= 15 is 0 Å². The van der Waals surface area contributed by atoms with Crippen molar-refractivity contribution in [2.75, 3.05) is 6.54 Å². The maximum atomic E-state index is 11.5. The van der Waals surface area contributed by atoms with Crippen molar-refractivity contribution in [2.45, 2.75) is 26.2 Å². The van der Waals surface area contributed by atoms with Crippen molar-refractivity contribution >= 4 is 11.9 Å². The van der Waals surface area contributed by atoms with Crippen LogP contribution in [0.3, 0.4) is 0 Å². The Hall–Kier alpha value is -1.85. The van der Waals surface area contributed by atoms with E-state index in [1.54, 1.807) is 6.07 Å². The van der Waals surface area contributed by atoms with Gasteiger partial charge in [0.05, 0.1) is 6.42 Å². The number of nitrogens with zero attached hydrogens (tertiary/aromatic N) is 1. The maximum absolute atomic E-state index is 11.5. The summed E-state index contributed by atoms with van der Waals surface area (Å²) in [6.45, 7) is 4.08. The smallest absolute Gasteiger partial charge is 0.305 e. The Morgan fingerprint density at radius 2 is 2.25 bits per heavy atom. The molecule has 0 unspecified atom stereocenters. The van der Waals surface area contributed by atoms with Crippen LogP contribution in [0, 0.1) is 0 Å². The molecule has 0 saturated carbocycles. The first-order chi connectivity index (χ1) is 7.50. The van der Waals surface area contributed by atoms with Gasteiger partial charge >= 0.3 is 5.97 Å². The van der Waals surface area contributed by atoms with Crippen LogP contribution in [-0.4, -0.2) is 33.7 Å². The molecule has 0 spiro atoms. The lowest BCUT2D eigenvalue weighted by atomic mass is 10.1. The van der Waals surface area contributed by atoms with E-state index in [9.17, 15) is 9.59 Å². The number of carbonyl (C=O) groups excluding carboxylic acids is 1. The highest BCUT2D eigenvalue weighted by Crippen LogP contribution is 2.11. The van der Waals surface area contributed by atoms with Crippen molar-refractivity contribution in [3.63, 3.8) is 0 Å². The third kappa shape index (κ3) is 3.38. The largest absolute Gasteiger partial charge is 0.481 e. The third-order valence-corrected chi connectivity index (χ3v) is 2.08. The molecule has 16 heavy (non-hydrogen) atoms. The van der Waals surface area contributed by atoms with Gasteiger partial charge in [0.25, 0.3) is 5.91 Å². The van der Waals surface area contributed by atoms with Crippen LogP contribution >= 0.6 is 0 Å². The van der Waals surface area contributed by atoms with Gasteiger partial charge < -0.3 is 10.4 Å². The molecule has 1 amide bonds. The fourth-order valence-corrected chi connectivity index (χ4v) is 1.12. The molecule has 3 N–H and O–H groups in total. The van der Waals surface area contributed by atoms with E-state index in [0.717, 1.165) is 5.69 Å². The van der Waals surface area contributed by atoms with Crippen molar-refractivity contribution in [1.29, 1.82) is 0 Å². The summed E-state index contributed by atoms with van der Waals surface area (Å²) in [6.07, 6.45) is -0.0901. The van der Waals surface area contributed by atoms with Crippen LogP contribution in [0.4, 0.5) is 0 Å². The van der Waals surface area contributed by atoms with Crippen LogP contribution in [0.5, 0.6) is 0 Å². The van der Waals surface area contributed by atoms with Gasteiger partial charge in [-0.15, -0.1) is 0 Å². The fourth-order valence-electron chi connectivity index (χ4n) is 1.12. The molecule has 0 bridgehead atoms. The van der Waals surface area contributed by atoms with Crippen molar-refractivity contribution in [2.24, 2.45) is 0 Å². The molecule has 0 aliphatic heterocycles. The second-order valence-corrected chi connectivity index (χ2v) is 3.76. The van der Waals surface area contributed by atoms with E-state index in [0.29, 0.717) is 0 Å². The number of nitrogens with one attached hydrogen (secondary N) is 2. The van der Waals surface area contributed by atoms with Gasteiger partial charge in [0.2, 0.25) is 0 Å². The van der Waals surface area contributed by atoms with Gasteiger partial charge in [-0.1, -0.05) is 13.8 Å². The molecule has 0 aromatic carbocycles. The van der Waals surface area contributed by atoms with Crippen LogP contribution in [0.25, 0.3) is 0 Å². The Balaban J connectivity index is 2.49. The average molecular weight is 225 g/mol. The van der Waals surface area contributed by atoms with Crippen LogP contribution in [0.15, 0.2) is 6.07 Å². The summed E-state index contributed by atoms with van der Waals surface area (Å²) in [7, 11) is 0. The van der Waals surface area contributed by atoms with Gasteiger partial charge in [0.15, 0.2) is 0 Å². The summed E-state index contributed by atoms with van der Waals surface area (Å²) >= 11 is 0. The topological polar surface area (TPSA) is 95.1 Å². The zero-order chi connectivity index (χ0) is 12.1. The predicted molar refractivity (Wildman–Crippen MR) is 57.3 cm³/mol. The number of hydrogen-bond acceptors (Lipinski definition) is 3. The fraction of sp³-hybridized carbons (Fsp3) is 0.500. The predicted octanol–water partition coefficient (Wildman–Crippen LogP) is 0.738. The Kier molecular flexibility index (Phi) is 4.04. The van der Waals surface area contributed by atoms with Crippen molar-refractivity contribution in [3.05, 3.63) is 17.5 Å². The number of carboxylic acid groups (broad SMARTS) is 1. The molecule has 0 radical (unpaired) electrons. The Bertz CT molecular complexity index is 384. The molecule has 0 aliphatic carbocycles. The molecule has 0 saturated heterocycles. The first-order valence-corrected chi connectivity index (χ1v) is 5.06. The summed E-state index contributed by atoms with van der Waals surface area (Å²) in [5, 5.41) is 17.5. The molecule has 6 heteroatoms. The molecule has 1 heterocycles. The number of aromatic amines is 1. The van der Waals surface area contributed by atoms with E-state index in [1.165, 1.54) is 0 Å². The minimum Gasteiger partial charge on any atom is -0.481 e. The molecular formula is C10H15N3O3. The molecule has 1 aromatic heterocycles. The summed E-state index contributed by atoms with van der Waals surface area (Å²) in [5.74, 6) is -1.03. The summed E-state index contributed by atoms with van der Waals surface area (Å²) in [5.41, 5.74) is 1.16. The monoisotopic (exact) mass is 225 g/mol. The Morgan fingerprint density at radius 3 is 2.75 bits per heavy atom. The lowest BCUT2D eigenvalue weighted by molar-refractivity contribution is -0.136. The Morgan fingerprint density at radius 1 is 1.56 bits per heavy atom. The second kappa shape index (κ2) is 5.29. The van der Waals surface area contributed by atoms with Crippen LogP contribution in [0.2, 0.25) is 0 Å². The van der Waals surface area contributed by atoms with Gasteiger partial charge in [0, 0.05) is 12.2 Å². The standard InChI is InChI=1S/C10H15N3O3/c1-6(2)7-5-8(13-12-7)10(16)11-4-3-9(14)15/h5-6H,3-4H2,1-2H3,(H,11,16)(H,12,13)(H,14,15). The quantitative estimate of drug-likeness (QED) is 0.688. The van der Waals surface area contributed by atoms with Crippen LogP contribution in [-0.2, 0) is 4.79 Å². The number of aromatic nitrogens is 2. The SMILES string of the molecule is CC(C)c1cc(C(=O)NCCC(=O)O)n[nH]1. The highest BCUT2D eigenvalue weighted by molar-refractivity contribution is 5.92. The van der Waals surface area contributed by atoms with E-state index in [-0.39, 0.29) is 30.5 Å². The number of hydrogen-bond donors (Lipinski definition) is 3. The number of aliphatic carboxylic acids is 1. The average Bonchev–Trinajstić information content (AvgIpc) is 2.65. The highest BCUT2D eigenvalue weighted by Gasteiger charge is 2.11. The zero-order valence-electron chi connectivity index (χ0n) is 9.28. The minimum atomic E-state index is -0.940. The molecule has 0 aliphatic rings. The number of carbonyl (C=O) groups is 2. The number of amides is 1. The molecule has 0 atom stereocenters. The van der Waals surface area contributed by atoms with Gasteiger partial charge in [-0.3, -0.25) is 14.7 Å². The normalized spacial score (nSPS) is 10.4. The lowest BCUT2D eigenvalue weighted by Gasteiger charge is -1.99. The van der Waals surface area contributed by atoms with E-state index in [1.807, 2.05) is 13.8 Å². The molecule has 1 aromatic rings. The van der Waals surface area contributed by atoms with Crippen molar-refractivity contribution in [3.8, 4) is 0 Å². The molecular weight excluding hydrogens is 210 g/mol. The first-order valence-electron chi connectivity index (χ1n) is 5.06. The lowest BCUT2D eigenvalue weighted by Crippen LogP contribution is -2.26. The third-order valence-electron chi connectivity index (χ3n) is 2.08. The number of rotatable bonds is 5. The van der Waals surface area contributed by atoms with Gasteiger partial charge in [-0.2, -0.15) is 5.10 Å². The summed E-state index contributed by atoms with van der Waals surface area (Å²) in [4.78, 5) is 21.7. The minimum absolute atomic E-state index is 0.0901. The first kappa shape index (κ1) is 12.2. The van der Waals surface area contributed by atoms with Crippen LogP contribution < -0.4 is 5.32 Å². The summed E-state index contributed by atoms with van der Waals surface area (Å²) in [6, 6.07) is 1.67. The second-order valence-electron chi connectivity index (χ2n) is 3.76. The molecule has 0 fully saturated rings. The van der Waals surface area contributed by atoms with Crippen molar-refractivity contribution < 1.29 is 14.7 Å². The molecule has 88 valence electrons. The number of carboxylic acids is 1. The van der Waals surface area contributed by atoms with E-state index in [4.69, 9.17) is 5.11 Å². The zero-order valence-corrected chi connectivity index (χ0v) is 9.28. The van der Waals surface area contributed by atoms with Crippen LogP contribution in [0.1, 0.15) is 42.4 Å². The van der Waals surface area contributed by atoms with E-state index < -0.39 is 5.97 Å². The highest BCUT2D eigenvalue weighted by atomic mass is 16.4. The van der Waals surface area contributed by atoms with Crippen molar-refractivity contribution in [1.82, 2.24) is 15.5 Å². The molecule has 6 nitrogen and oxygen atoms in total. The summed E-state index contributed by atoms with van der Waals surface area (Å²) < 4.78 is 0. The molecule has 1 rings (SSSR count). The van der Waals surface area contributed by atoms with Gasteiger partial charge in [-0.25, -0.2) is 0 Å².